The van der Waals surface area contributed by atoms with Gasteiger partial charge < -0.3 is 10.1 Å². The molecule has 3 aromatic carbocycles. The average molecular weight is 459 g/mol. The van der Waals surface area contributed by atoms with Crippen molar-refractivity contribution in [2.24, 2.45) is 0 Å². The molecule has 4 rings (SSSR count). The second-order valence-corrected chi connectivity index (χ2v) is 8.53. The third-order valence-electron chi connectivity index (χ3n) is 4.34. The highest BCUT2D eigenvalue weighted by Crippen LogP contribution is 2.31. The number of aromatic nitrogens is 2. The number of fused-ring (bicyclic) bond motifs is 1. The average Bonchev–Trinajstić information content (AvgIpc) is 2.74. The predicted molar refractivity (Wildman–Crippen MR) is 118 cm³/mol. The van der Waals surface area contributed by atoms with Gasteiger partial charge in [0.2, 0.25) is 0 Å². The summed E-state index contributed by atoms with van der Waals surface area (Å²) in [7, 11) is -2.53. The number of halogens is 2. The van der Waals surface area contributed by atoms with Crippen LogP contribution in [-0.2, 0) is 10.0 Å². The lowest BCUT2D eigenvalue weighted by molar-refractivity contribution is 0.415. The fraction of sp³-hybridized carbons (Fsp3) is 0.0476. The van der Waals surface area contributed by atoms with Crippen molar-refractivity contribution >= 4 is 50.0 Å². The van der Waals surface area contributed by atoms with E-state index in [-0.39, 0.29) is 16.5 Å². The number of hydrogen-bond donors (Lipinski definition) is 2. The molecule has 0 saturated carbocycles. The van der Waals surface area contributed by atoms with Crippen molar-refractivity contribution in [2.75, 3.05) is 17.1 Å². The molecule has 4 aromatic rings. The van der Waals surface area contributed by atoms with Crippen LogP contribution in [-0.4, -0.2) is 25.5 Å². The van der Waals surface area contributed by atoms with Crippen molar-refractivity contribution in [3.05, 3.63) is 77.6 Å². The van der Waals surface area contributed by atoms with Crippen molar-refractivity contribution in [1.82, 2.24) is 9.97 Å². The van der Waals surface area contributed by atoms with Gasteiger partial charge >= 0.3 is 0 Å². The summed E-state index contributed by atoms with van der Waals surface area (Å²) in [6.07, 6.45) is 0. The van der Waals surface area contributed by atoms with Gasteiger partial charge in [0.15, 0.2) is 11.6 Å². The van der Waals surface area contributed by atoms with E-state index in [1.807, 2.05) is 0 Å². The number of anilines is 3. The van der Waals surface area contributed by atoms with Crippen molar-refractivity contribution in [2.45, 2.75) is 4.90 Å². The molecule has 1 aromatic heterocycles. The minimum atomic E-state index is -4.04. The first-order valence-corrected chi connectivity index (χ1v) is 10.9. The number of rotatable bonds is 6. The van der Waals surface area contributed by atoms with Crippen LogP contribution in [0.5, 0.6) is 5.75 Å². The topological polar surface area (TPSA) is 93.2 Å². The van der Waals surface area contributed by atoms with Gasteiger partial charge in [-0.2, -0.15) is 0 Å². The zero-order valence-corrected chi connectivity index (χ0v) is 17.7. The van der Waals surface area contributed by atoms with Crippen LogP contribution in [0.15, 0.2) is 71.6 Å². The van der Waals surface area contributed by atoms with E-state index in [0.717, 1.165) is 12.1 Å². The summed E-state index contributed by atoms with van der Waals surface area (Å²) in [6.45, 7) is 0. The molecule has 0 aliphatic rings. The van der Waals surface area contributed by atoms with Crippen LogP contribution in [0.1, 0.15) is 0 Å². The van der Waals surface area contributed by atoms with Crippen molar-refractivity contribution in [1.29, 1.82) is 0 Å². The van der Waals surface area contributed by atoms with E-state index in [2.05, 4.69) is 20.0 Å². The van der Waals surface area contributed by atoms with Crippen molar-refractivity contribution < 1.29 is 17.5 Å². The molecule has 0 spiro atoms. The van der Waals surface area contributed by atoms with Gasteiger partial charge in [-0.05, 0) is 54.6 Å². The lowest BCUT2D eigenvalue weighted by Crippen LogP contribution is -2.16. The van der Waals surface area contributed by atoms with Gasteiger partial charge in [-0.3, -0.25) is 4.72 Å². The van der Waals surface area contributed by atoms with Gasteiger partial charge in [0, 0.05) is 5.69 Å². The Hall–Kier alpha value is -3.43. The summed E-state index contributed by atoms with van der Waals surface area (Å²) >= 11 is 6.19. The number of methoxy groups -OCH3 is 1. The molecule has 0 saturated heterocycles. The second kappa shape index (κ2) is 8.37. The Labute approximate surface area is 182 Å². The minimum absolute atomic E-state index is 0.0186. The standard InChI is InChI=1S/C21H16ClFN4O3S/c1-30-19-11-8-14(12-16(19)22)24-20-21(26-18-5-3-2-4-17(18)25-20)27-31(28,29)15-9-6-13(23)7-10-15/h2-12H,1H3,(H,24,25)(H,26,27). The molecule has 1 heterocycles. The fourth-order valence-corrected chi connectivity index (χ4v) is 4.11. The second-order valence-electron chi connectivity index (χ2n) is 6.44. The summed E-state index contributed by atoms with van der Waals surface area (Å²) in [4.78, 5) is 8.80. The highest BCUT2D eigenvalue weighted by Gasteiger charge is 2.19. The van der Waals surface area contributed by atoms with Crippen LogP contribution >= 0.6 is 11.6 Å². The molecule has 0 radical (unpaired) electrons. The largest absolute Gasteiger partial charge is 0.495 e. The lowest BCUT2D eigenvalue weighted by atomic mass is 10.3. The first kappa shape index (κ1) is 20.8. The molecular weight excluding hydrogens is 443 g/mol. The summed E-state index contributed by atoms with van der Waals surface area (Å²) in [5, 5.41) is 3.41. The zero-order chi connectivity index (χ0) is 22.0. The molecule has 2 N–H and O–H groups in total. The van der Waals surface area contributed by atoms with E-state index in [4.69, 9.17) is 16.3 Å². The molecule has 0 fully saturated rings. The minimum Gasteiger partial charge on any atom is -0.495 e. The highest BCUT2D eigenvalue weighted by molar-refractivity contribution is 7.92. The van der Waals surface area contributed by atoms with E-state index in [1.165, 1.54) is 19.2 Å². The first-order valence-electron chi connectivity index (χ1n) is 9.01. The van der Waals surface area contributed by atoms with Gasteiger partial charge in [0.1, 0.15) is 11.6 Å². The number of hydrogen-bond acceptors (Lipinski definition) is 6. The Morgan fingerprint density at radius 3 is 2.19 bits per heavy atom. The molecule has 158 valence electrons. The van der Waals surface area contributed by atoms with Crippen LogP contribution in [0.4, 0.5) is 21.7 Å². The maximum atomic E-state index is 13.2. The van der Waals surface area contributed by atoms with Crippen LogP contribution in [0, 0.1) is 5.82 Å². The smallest absolute Gasteiger partial charge is 0.263 e. The molecule has 10 heteroatoms. The third-order valence-corrected chi connectivity index (χ3v) is 5.99. The SMILES string of the molecule is COc1ccc(Nc2nc3ccccc3nc2NS(=O)(=O)c2ccc(F)cc2)cc1Cl. The van der Waals surface area contributed by atoms with Crippen LogP contribution in [0.2, 0.25) is 5.02 Å². The van der Waals surface area contributed by atoms with Crippen molar-refractivity contribution in [3.63, 3.8) is 0 Å². The molecule has 0 aliphatic heterocycles. The number of sulfonamides is 1. The Kier molecular flexibility index (Phi) is 5.62. The van der Waals surface area contributed by atoms with Crippen molar-refractivity contribution in [3.8, 4) is 5.75 Å². The number of para-hydroxylation sites is 2. The number of nitrogens with zero attached hydrogens (tertiary/aromatic N) is 2. The van der Waals surface area contributed by atoms with Gasteiger partial charge in [-0.25, -0.2) is 22.8 Å². The molecule has 0 amide bonds. The summed E-state index contributed by atoms with van der Waals surface area (Å²) in [5.74, 6) is 0.109. The van der Waals surface area contributed by atoms with Gasteiger partial charge in [-0.15, -0.1) is 0 Å². The van der Waals surface area contributed by atoms with Gasteiger partial charge in [-0.1, -0.05) is 23.7 Å². The maximum Gasteiger partial charge on any atom is 0.263 e. The van der Waals surface area contributed by atoms with Crippen LogP contribution < -0.4 is 14.8 Å². The molecule has 0 atom stereocenters. The monoisotopic (exact) mass is 458 g/mol. The van der Waals surface area contributed by atoms with Gasteiger partial charge in [0.05, 0.1) is 28.1 Å². The molecule has 0 unspecified atom stereocenters. The fourth-order valence-electron chi connectivity index (χ4n) is 2.84. The Morgan fingerprint density at radius 2 is 1.58 bits per heavy atom. The number of ether oxygens (including phenoxy) is 1. The van der Waals surface area contributed by atoms with Crippen LogP contribution in [0.25, 0.3) is 11.0 Å². The lowest BCUT2D eigenvalue weighted by Gasteiger charge is -2.14. The van der Waals surface area contributed by atoms with E-state index >= 15 is 0 Å². The van der Waals surface area contributed by atoms with E-state index in [1.54, 1.807) is 42.5 Å². The summed E-state index contributed by atoms with van der Waals surface area (Å²) in [6, 6.07) is 16.5. The van der Waals surface area contributed by atoms with E-state index in [0.29, 0.717) is 27.5 Å². The zero-order valence-electron chi connectivity index (χ0n) is 16.1. The summed E-state index contributed by atoms with van der Waals surface area (Å²) < 4.78 is 46.4. The Bertz CT molecular complexity index is 1370. The van der Waals surface area contributed by atoms with Gasteiger partial charge in [0.25, 0.3) is 10.0 Å². The highest BCUT2D eigenvalue weighted by atomic mass is 35.5. The van der Waals surface area contributed by atoms with Crippen LogP contribution in [0.3, 0.4) is 0 Å². The Morgan fingerprint density at radius 1 is 0.935 bits per heavy atom. The molecular formula is C21H16ClFN4O3S. The van der Waals surface area contributed by atoms with E-state index < -0.39 is 15.8 Å². The molecule has 7 nitrogen and oxygen atoms in total. The Balaban J connectivity index is 1.76. The molecule has 0 bridgehead atoms. The quantitative estimate of drug-likeness (QED) is 0.423. The molecule has 0 aliphatic carbocycles. The summed E-state index contributed by atoms with van der Waals surface area (Å²) in [5.41, 5.74) is 1.62. The molecule has 31 heavy (non-hydrogen) atoms. The normalized spacial score (nSPS) is 11.3. The predicted octanol–water partition coefficient (Wildman–Crippen LogP) is 4.98. The van der Waals surface area contributed by atoms with E-state index in [9.17, 15) is 12.8 Å². The number of nitrogens with one attached hydrogen (secondary N) is 2. The first-order chi connectivity index (χ1) is 14.9. The number of benzene rings is 3. The third kappa shape index (κ3) is 4.52. The maximum absolute atomic E-state index is 13.2.